The van der Waals surface area contributed by atoms with Gasteiger partial charge in [-0.05, 0) is 12.5 Å². The maximum atomic E-state index is 14.4. The van der Waals surface area contributed by atoms with Crippen molar-refractivity contribution in [3.05, 3.63) is 24.3 Å². The molecule has 33 heavy (non-hydrogen) atoms. The second kappa shape index (κ2) is 7.48. The monoisotopic (exact) mass is 489 g/mol. The van der Waals surface area contributed by atoms with Crippen molar-refractivity contribution < 1.29 is 44.6 Å². The highest BCUT2D eigenvalue weighted by Crippen LogP contribution is 2.55. The average molecular weight is 489 g/mol. The molecule has 1 atom stereocenters. The van der Waals surface area contributed by atoms with Crippen LogP contribution in [-0.4, -0.2) is 73.3 Å². The lowest BCUT2D eigenvalue weighted by atomic mass is 10.1. The highest BCUT2D eigenvalue weighted by molar-refractivity contribution is 6.01. The number of nitrogens with zero attached hydrogens (tertiary/aromatic N) is 4. The number of aliphatic hydroxyl groups excluding tert-OH is 1. The highest BCUT2D eigenvalue weighted by Gasteiger charge is 2.83. The lowest BCUT2D eigenvalue weighted by Crippen LogP contribution is -2.66. The number of aliphatic hydroxyl groups is 1. The molecular weight excluding hydrogens is 473 g/mol. The summed E-state index contributed by atoms with van der Waals surface area (Å²) < 4.78 is 122. The molecule has 0 unspecified atom stereocenters. The van der Waals surface area contributed by atoms with Crippen LogP contribution in [0.1, 0.15) is 18.3 Å². The molecule has 182 valence electrons. The smallest absolute Gasteiger partial charge is 0.396 e. The van der Waals surface area contributed by atoms with Crippen LogP contribution in [0, 0.1) is 0 Å². The molecular formula is C18H16F9N5O. The summed E-state index contributed by atoms with van der Waals surface area (Å²) in [5.74, 6) is -13.5. The third-order valence-electron chi connectivity index (χ3n) is 5.70. The Bertz CT molecular complexity index is 1170. The fourth-order valence-corrected chi connectivity index (χ4v) is 4.08. The van der Waals surface area contributed by atoms with E-state index in [-0.39, 0.29) is 23.6 Å². The van der Waals surface area contributed by atoms with Gasteiger partial charge in [0.15, 0.2) is 0 Å². The first kappa shape index (κ1) is 23.6. The zero-order valence-corrected chi connectivity index (χ0v) is 16.5. The van der Waals surface area contributed by atoms with Gasteiger partial charge in [-0.25, -0.2) is 14.9 Å². The number of pyridine rings is 1. The zero-order chi connectivity index (χ0) is 24.4. The number of halogens is 9. The zero-order valence-electron chi connectivity index (χ0n) is 16.5. The summed E-state index contributed by atoms with van der Waals surface area (Å²) in [5, 5.41) is 9.85. The van der Waals surface area contributed by atoms with E-state index < -0.39 is 49.8 Å². The molecule has 0 aliphatic carbocycles. The van der Waals surface area contributed by atoms with E-state index in [1.54, 1.807) is 6.07 Å². The van der Waals surface area contributed by atoms with Crippen molar-refractivity contribution in [2.24, 2.45) is 0 Å². The first-order valence-corrected chi connectivity index (χ1v) is 9.63. The second-order valence-corrected chi connectivity index (χ2v) is 7.68. The number of H-pyrrole nitrogens is 1. The Labute approximate surface area is 179 Å². The van der Waals surface area contributed by atoms with Gasteiger partial charge in [0, 0.05) is 37.1 Å². The quantitative estimate of drug-likeness (QED) is 0.404. The Morgan fingerprint density at radius 3 is 2.39 bits per heavy atom. The lowest BCUT2D eigenvalue weighted by molar-refractivity contribution is -0.417. The van der Waals surface area contributed by atoms with E-state index in [4.69, 9.17) is 0 Å². The molecule has 0 saturated carbocycles. The molecule has 4 rings (SSSR count). The van der Waals surface area contributed by atoms with Crippen LogP contribution in [0.4, 0.5) is 39.5 Å². The minimum absolute atomic E-state index is 0.0458. The van der Waals surface area contributed by atoms with E-state index in [0.29, 0.717) is 22.1 Å². The minimum Gasteiger partial charge on any atom is -0.396 e. The molecule has 1 aliphatic rings. The van der Waals surface area contributed by atoms with Crippen molar-refractivity contribution in [3.8, 4) is 0 Å². The Morgan fingerprint density at radius 1 is 1.06 bits per heavy atom. The molecule has 0 bridgehead atoms. The van der Waals surface area contributed by atoms with Gasteiger partial charge in [-0.1, -0.05) is 0 Å². The molecule has 2 N–H and O–H groups in total. The molecule has 6 nitrogen and oxygen atoms in total. The molecule has 1 saturated heterocycles. The normalized spacial score (nSPS) is 19.3. The number of fused-ring (bicyclic) bond motifs is 3. The van der Waals surface area contributed by atoms with Crippen LogP contribution < -0.4 is 0 Å². The molecule has 3 aromatic rings. The van der Waals surface area contributed by atoms with Crippen LogP contribution in [0.2, 0.25) is 0 Å². The third kappa shape index (κ3) is 3.34. The van der Waals surface area contributed by atoms with Gasteiger partial charge in [0.25, 0.3) is 0 Å². The van der Waals surface area contributed by atoms with E-state index in [2.05, 4.69) is 15.0 Å². The van der Waals surface area contributed by atoms with Crippen molar-refractivity contribution in [2.45, 2.75) is 43.0 Å². The fraction of sp³-hybridized carbons (Fsp3) is 0.556. The molecule has 4 heterocycles. The second-order valence-electron chi connectivity index (χ2n) is 7.68. The van der Waals surface area contributed by atoms with E-state index in [0.717, 1.165) is 0 Å². The summed E-state index contributed by atoms with van der Waals surface area (Å²) in [6.07, 6.45) is -4.28. The predicted octanol–water partition coefficient (Wildman–Crippen LogP) is 4.12. The van der Waals surface area contributed by atoms with Gasteiger partial charge < -0.3 is 14.7 Å². The van der Waals surface area contributed by atoms with Gasteiger partial charge in [-0.3, -0.25) is 0 Å². The van der Waals surface area contributed by atoms with Crippen molar-refractivity contribution in [3.63, 3.8) is 0 Å². The van der Waals surface area contributed by atoms with Gasteiger partial charge >= 0.3 is 24.1 Å². The third-order valence-corrected chi connectivity index (χ3v) is 5.70. The topological polar surface area (TPSA) is 70.0 Å². The summed E-state index contributed by atoms with van der Waals surface area (Å²) in [6.45, 7) is -2.22. The molecule has 0 amide bonds. The van der Waals surface area contributed by atoms with Crippen LogP contribution in [-0.2, 0) is 6.42 Å². The SMILES string of the molecule is OCCc1nc2cnc3[nH]ccc3c2n1[C@H]1CCN(C(F)(F)C(F)(F)C(F)(F)C(F)(F)F)C1. The van der Waals surface area contributed by atoms with E-state index in [1.165, 1.54) is 17.0 Å². The Morgan fingerprint density at radius 2 is 1.76 bits per heavy atom. The lowest BCUT2D eigenvalue weighted by Gasteiger charge is -2.38. The number of aromatic amines is 1. The summed E-state index contributed by atoms with van der Waals surface area (Å²) in [7, 11) is 0. The van der Waals surface area contributed by atoms with Crippen LogP contribution >= 0.6 is 0 Å². The van der Waals surface area contributed by atoms with E-state index >= 15 is 0 Å². The molecule has 0 radical (unpaired) electrons. The van der Waals surface area contributed by atoms with Crippen molar-refractivity contribution >= 4 is 22.1 Å². The summed E-state index contributed by atoms with van der Waals surface area (Å²) in [5.41, 5.74) is 1.09. The van der Waals surface area contributed by atoms with Gasteiger partial charge in [-0.15, -0.1) is 0 Å². The Balaban J connectivity index is 1.73. The van der Waals surface area contributed by atoms with Crippen LogP contribution in [0.5, 0.6) is 0 Å². The van der Waals surface area contributed by atoms with Crippen molar-refractivity contribution in [1.82, 2.24) is 24.4 Å². The number of imidazole rings is 1. The van der Waals surface area contributed by atoms with Crippen molar-refractivity contribution in [1.29, 1.82) is 0 Å². The summed E-state index contributed by atoms with van der Waals surface area (Å²) in [6, 6.07) is -5.21. The van der Waals surface area contributed by atoms with Gasteiger partial charge in [-0.2, -0.15) is 39.5 Å². The average Bonchev–Trinajstić information content (AvgIpc) is 3.44. The molecule has 3 aromatic heterocycles. The van der Waals surface area contributed by atoms with Crippen LogP contribution in [0.25, 0.3) is 22.1 Å². The predicted molar refractivity (Wildman–Crippen MR) is 96.3 cm³/mol. The largest absolute Gasteiger partial charge is 0.460 e. The number of aromatic nitrogens is 4. The summed E-state index contributed by atoms with van der Waals surface area (Å²) in [4.78, 5) is 10.9. The maximum Gasteiger partial charge on any atom is 0.460 e. The number of hydrogen-bond donors (Lipinski definition) is 2. The van der Waals surface area contributed by atoms with E-state index in [9.17, 15) is 44.6 Å². The fourth-order valence-electron chi connectivity index (χ4n) is 4.08. The number of alkyl halides is 9. The minimum atomic E-state index is -6.95. The van der Waals surface area contributed by atoms with Crippen LogP contribution in [0.15, 0.2) is 18.5 Å². The van der Waals surface area contributed by atoms with Gasteiger partial charge in [0.05, 0.1) is 18.3 Å². The molecule has 0 spiro atoms. The number of nitrogens with one attached hydrogen (secondary N) is 1. The number of likely N-dealkylation sites (tertiary alicyclic amines) is 1. The van der Waals surface area contributed by atoms with E-state index in [1.807, 2.05) is 0 Å². The molecule has 1 fully saturated rings. The summed E-state index contributed by atoms with van der Waals surface area (Å²) >= 11 is 0. The molecule has 0 aromatic carbocycles. The molecule has 1 aliphatic heterocycles. The highest BCUT2D eigenvalue weighted by atomic mass is 19.4. The Kier molecular flexibility index (Phi) is 5.35. The standard InChI is InChI=1S/C18H16F9N5O/c19-15(20,17(23,24)25)16(21,22)18(26,27)31-5-2-9(8-31)32-12(3-6-33)30-11-7-29-14-10(13(11)32)1-4-28-14/h1,4,7,9,33H,2-3,5-6,8H2,(H,28,29)/t9-/m0/s1. The van der Waals surface area contributed by atoms with Crippen LogP contribution in [0.3, 0.4) is 0 Å². The number of rotatable bonds is 6. The first-order chi connectivity index (χ1) is 15.2. The van der Waals surface area contributed by atoms with Gasteiger partial charge in [0.2, 0.25) is 0 Å². The molecule has 15 heteroatoms. The van der Waals surface area contributed by atoms with Crippen molar-refractivity contribution in [2.75, 3.05) is 19.7 Å². The first-order valence-electron chi connectivity index (χ1n) is 9.63. The Hall–Kier alpha value is -2.55. The van der Waals surface area contributed by atoms with Gasteiger partial charge in [0.1, 0.15) is 17.0 Å². The maximum absolute atomic E-state index is 14.4. The number of hydrogen-bond acceptors (Lipinski definition) is 4.